The number of morpholine rings is 1. The van der Waals surface area contributed by atoms with Gasteiger partial charge in [-0.05, 0) is 156 Å². The number of hydrogen-bond donors (Lipinski definition) is 3. The summed E-state index contributed by atoms with van der Waals surface area (Å²) in [5.74, 6) is 1.86. The fourth-order valence-electron chi connectivity index (χ4n) is 16.4. The van der Waals surface area contributed by atoms with Gasteiger partial charge in [-0.25, -0.2) is 0 Å². The third kappa shape index (κ3) is 5.05. The molecule has 52 heavy (non-hydrogen) atoms. The Morgan fingerprint density at radius 2 is 1.73 bits per heavy atom. The van der Waals surface area contributed by atoms with Crippen LogP contribution < -0.4 is 5.32 Å². The Balaban J connectivity index is 0.915. The van der Waals surface area contributed by atoms with Crippen LogP contribution in [-0.4, -0.2) is 102 Å². The van der Waals surface area contributed by atoms with Crippen molar-refractivity contribution in [1.82, 2.24) is 10.2 Å². The van der Waals surface area contributed by atoms with Crippen LogP contribution in [0, 0.1) is 50.7 Å². The summed E-state index contributed by atoms with van der Waals surface area (Å²) in [6, 6.07) is 0.654. The molecule has 1 unspecified atom stereocenters. The molecule has 0 aromatic rings. The van der Waals surface area contributed by atoms with Gasteiger partial charge in [0.05, 0.1) is 36.6 Å². The van der Waals surface area contributed by atoms with E-state index in [0.717, 1.165) is 39.1 Å². The number of aliphatic hydroxyl groups is 2. The first-order valence-electron chi connectivity index (χ1n) is 22.0. The molecule has 3 heterocycles. The standard InChI is InChI=1S/C44H74N2O6/c1-9-49-37(39(5,6)48)29-23-27(2)34-35(51-29)36(47)41(8)31-12-11-30-38(3,4)32(13-17-43(30)26-44(31,43)19-18-40(34,41)7)52-33-25-46(21-22-50-33)28-14-20-45-42(24-28)15-10-16-42/h27-37,45,47-48H,9-26H2,1-8H3/t27-,28?,29-,30+,31+,32+,33+,34+,35+,36+,37+,40-,41-,43-,44+/m1/s1. The van der Waals surface area contributed by atoms with Gasteiger partial charge in [0.2, 0.25) is 0 Å². The van der Waals surface area contributed by atoms with Crippen LogP contribution in [0.25, 0.3) is 0 Å². The van der Waals surface area contributed by atoms with Crippen molar-refractivity contribution in [1.29, 1.82) is 0 Å². The number of hydrogen-bond acceptors (Lipinski definition) is 8. The molecule has 9 fully saturated rings. The number of fused-ring (bicyclic) bond motifs is 4. The van der Waals surface area contributed by atoms with E-state index in [1.54, 1.807) is 0 Å². The molecule has 15 atom stereocenters. The number of piperidine rings is 1. The minimum Gasteiger partial charge on any atom is -0.390 e. The van der Waals surface area contributed by atoms with Crippen molar-refractivity contribution in [3.63, 3.8) is 0 Å². The molecule has 6 aliphatic carbocycles. The van der Waals surface area contributed by atoms with Crippen LogP contribution in [-0.2, 0) is 18.9 Å². The highest BCUT2D eigenvalue weighted by Crippen LogP contribution is 2.89. The maximum atomic E-state index is 12.7. The Morgan fingerprint density at radius 1 is 0.981 bits per heavy atom. The van der Waals surface area contributed by atoms with Crippen LogP contribution in [0.3, 0.4) is 0 Å². The fraction of sp³-hybridized carbons (Fsp3) is 1.00. The molecular weight excluding hydrogens is 652 g/mol. The zero-order valence-corrected chi connectivity index (χ0v) is 34.1. The van der Waals surface area contributed by atoms with Crippen molar-refractivity contribution in [2.75, 3.05) is 32.8 Å². The number of ether oxygens (including phenoxy) is 4. The molecule has 6 saturated carbocycles. The first-order valence-corrected chi connectivity index (χ1v) is 22.0. The second kappa shape index (κ2) is 12.3. The Labute approximate surface area is 315 Å². The number of nitrogens with zero attached hydrogens (tertiary/aromatic N) is 1. The molecule has 9 rings (SSSR count). The summed E-state index contributed by atoms with van der Waals surface area (Å²) in [7, 11) is 0. The summed E-state index contributed by atoms with van der Waals surface area (Å²) >= 11 is 0. The molecule has 8 nitrogen and oxygen atoms in total. The monoisotopic (exact) mass is 727 g/mol. The highest BCUT2D eigenvalue weighted by atomic mass is 16.7. The molecule has 3 spiro atoms. The quantitative estimate of drug-likeness (QED) is 0.267. The van der Waals surface area contributed by atoms with E-state index in [4.69, 9.17) is 18.9 Å². The van der Waals surface area contributed by atoms with Gasteiger partial charge in [0.25, 0.3) is 0 Å². The molecule has 8 heteroatoms. The summed E-state index contributed by atoms with van der Waals surface area (Å²) in [6.45, 7) is 22.6. The van der Waals surface area contributed by atoms with Crippen LogP contribution in [0.15, 0.2) is 0 Å². The van der Waals surface area contributed by atoms with Crippen molar-refractivity contribution in [2.45, 2.75) is 193 Å². The lowest BCUT2D eigenvalue weighted by atomic mass is 9.41. The smallest absolute Gasteiger partial charge is 0.170 e. The molecule has 0 aromatic heterocycles. The molecule has 0 bridgehead atoms. The third-order valence-electron chi connectivity index (χ3n) is 19.0. The zero-order valence-electron chi connectivity index (χ0n) is 34.1. The van der Waals surface area contributed by atoms with Gasteiger partial charge in [-0.1, -0.05) is 34.6 Å². The highest BCUT2D eigenvalue weighted by Gasteiger charge is 2.84. The minimum absolute atomic E-state index is 0.0244. The van der Waals surface area contributed by atoms with Gasteiger partial charge in [-0.2, -0.15) is 0 Å². The second-order valence-electron chi connectivity index (χ2n) is 21.7. The average molecular weight is 727 g/mol. The Hall–Kier alpha value is -0.320. The molecule has 296 valence electrons. The molecule has 3 aliphatic heterocycles. The van der Waals surface area contributed by atoms with Gasteiger partial charge in [0, 0.05) is 36.7 Å². The predicted octanol–water partition coefficient (Wildman–Crippen LogP) is 6.69. The lowest BCUT2D eigenvalue weighted by Gasteiger charge is -2.64. The van der Waals surface area contributed by atoms with Crippen LogP contribution in [0.4, 0.5) is 0 Å². The average Bonchev–Trinajstić information content (AvgIpc) is 3.72. The van der Waals surface area contributed by atoms with Crippen LogP contribution >= 0.6 is 0 Å². The molecule has 3 N–H and O–H groups in total. The van der Waals surface area contributed by atoms with Crippen LogP contribution in [0.1, 0.15) is 139 Å². The summed E-state index contributed by atoms with van der Waals surface area (Å²) in [5.41, 5.74) is -0.0105. The van der Waals surface area contributed by atoms with E-state index in [1.807, 2.05) is 20.8 Å². The normalized spacial score (nSPS) is 52.7. The first-order chi connectivity index (χ1) is 24.6. The van der Waals surface area contributed by atoms with Gasteiger partial charge in [-0.3, -0.25) is 4.90 Å². The van der Waals surface area contributed by atoms with Gasteiger partial charge in [0.1, 0.15) is 6.10 Å². The summed E-state index contributed by atoms with van der Waals surface area (Å²) in [4.78, 5) is 2.71. The highest BCUT2D eigenvalue weighted by molar-refractivity contribution is 5.33. The summed E-state index contributed by atoms with van der Waals surface area (Å²) in [5, 5.41) is 27.7. The van der Waals surface area contributed by atoms with Crippen molar-refractivity contribution in [3.05, 3.63) is 0 Å². The lowest BCUT2D eigenvalue weighted by molar-refractivity contribution is -0.252. The molecule has 3 saturated heterocycles. The second-order valence-corrected chi connectivity index (χ2v) is 21.7. The topological polar surface area (TPSA) is 92.7 Å². The van der Waals surface area contributed by atoms with E-state index in [2.05, 4.69) is 44.8 Å². The molecule has 0 amide bonds. The van der Waals surface area contributed by atoms with E-state index in [-0.39, 0.29) is 40.8 Å². The molecule has 9 aliphatic rings. The largest absolute Gasteiger partial charge is 0.390 e. The van der Waals surface area contributed by atoms with Crippen LogP contribution in [0.2, 0.25) is 0 Å². The SMILES string of the molecule is CCO[C@@H]([C@H]1C[C@@H](C)[C@H]2[C@H](O1)[C@H](O)[C@@]1(C)[C@@H]3CC[C@H]4C(C)(C)[C@@H](O[C@H]5CN(C6CCNC7(CCC7)C6)CCO5)CC[C@@]45C[C@@]35CC[C@]21C)C(C)(C)O. The number of rotatable bonds is 7. The van der Waals surface area contributed by atoms with E-state index >= 15 is 0 Å². The van der Waals surface area contributed by atoms with Gasteiger partial charge in [0.15, 0.2) is 6.29 Å². The van der Waals surface area contributed by atoms with Crippen molar-refractivity contribution >= 4 is 0 Å². The maximum Gasteiger partial charge on any atom is 0.170 e. The summed E-state index contributed by atoms with van der Waals surface area (Å²) < 4.78 is 26.7. The van der Waals surface area contributed by atoms with Gasteiger partial charge >= 0.3 is 0 Å². The summed E-state index contributed by atoms with van der Waals surface area (Å²) in [6.07, 6.45) is 14.8. The predicted molar refractivity (Wildman–Crippen MR) is 202 cm³/mol. The maximum absolute atomic E-state index is 12.7. The number of nitrogens with one attached hydrogen (secondary N) is 1. The van der Waals surface area contributed by atoms with E-state index in [1.165, 1.54) is 70.6 Å². The van der Waals surface area contributed by atoms with Crippen molar-refractivity contribution in [3.8, 4) is 0 Å². The fourth-order valence-corrected chi connectivity index (χ4v) is 16.4. The lowest BCUT2D eigenvalue weighted by Crippen LogP contribution is -2.62. The third-order valence-corrected chi connectivity index (χ3v) is 19.0. The minimum atomic E-state index is -1.01. The first kappa shape index (κ1) is 37.3. The molecular formula is C44H74N2O6. The van der Waals surface area contributed by atoms with Crippen molar-refractivity contribution < 1.29 is 29.2 Å². The van der Waals surface area contributed by atoms with E-state index < -0.39 is 17.8 Å². The van der Waals surface area contributed by atoms with E-state index in [9.17, 15) is 10.2 Å². The van der Waals surface area contributed by atoms with Gasteiger partial charge < -0.3 is 34.5 Å². The molecule has 0 aromatic carbocycles. The van der Waals surface area contributed by atoms with Crippen molar-refractivity contribution in [2.24, 2.45) is 50.7 Å². The Kier molecular flexibility index (Phi) is 8.84. The van der Waals surface area contributed by atoms with E-state index in [0.29, 0.717) is 52.7 Å². The number of aliphatic hydroxyl groups excluding tert-OH is 1. The zero-order chi connectivity index (χ0) is 36.7. The Bertz CT molecular complexity index is 1360. The Morgan fingerprint density at radius 3 is 2.44 bits per heavy atom. The molecule has 0 radical (unpaired) electrons. The van der Waals surface area contributed by atoms with Gasteiger partial charge in [-0.15, -0.1) is 0 Å². The van der Waals surface area contributed by atoms with Crippen LogP contribution in [0.5, 0.6) is 0 Å².